The van der Waals surface area contributed by atoms with E-state index in [1.165, 1.54) is 43.5 Å². The number of rotatable bonds is 10. The van der Waals surface area contributed by atoms with Crippen molar-refractivity contribution in [1.29, 1.82) is 0 Å². The van der Waals surface area contributed by atoms with Crippen molar-refractivity contribution in [2.45, 2.75) is 92.4 Å². The summed E-state index contributed by atoms with van der Waals surface area (Å²) in [6.45, 7) is 15.8. The summed E-state index contributed by atoms with van der Waals surface area (Å²) in [6, 6.07) is 0. The number of hydrogen-bond acceptors (Lipinski definition) is 6. The molecule has 1 saturated carbocycles. The Kier molecular flexibility index (Phi) is 37.5. The molecule has 0 unspecified atom stereocenters. The molecule has 2 fully saturated rings. The van der Waals surface area contributed by atoms with E-state index in [0.29, 0.717) is 18.4 Å². The van der Waals surface area contributed by atoms with E-state index < -0.39 is 0 Å². The number of likely N-dealkylation sites (tertiary alicyclic amines) is 1. The smallest absolute Gasteiger partial charge is 0.222 e. The molecule has 1 amide bonds. The van der Waals surface area contributed by atoms with Crippen molar-refractivity contribution in [3.05, 3.63) is 60.8 Å². The summed E-state index contributed by atoms with van der Waals surface area (Å²) in [6.07, 6.45) is 25.6. The first-order valence-electron chi connectivity index (χ1n) is 15.2. The summed E-state index contributed by atoms with van der Waals surface area (Å²) in [4.78, 5) is 29.1. The monoisotopic (exact) mass is 591 g/mol. The van der Waals surface area contributed by atoms with Gasteiger partial charge in [-0.25, -0.2) is 0 Å². The Morgan fingerprint density at radius 2 is 1.66 bits per heavy atom. The fourth-order valence-electron chi connectivity index (χ4n) is 4.02. The summed E-state index contributed by atoms with van der Waals surface area (Å²) in [5.41, 5.74) is 5.05. The van der Waals surface area contributed by atoms with Crippen LogP contribution in [0.15, 0.2) is 65.8 Å². The Bertz CT molecular complexity index is 736. The summed E-state index contributed by atoms with van der Waals surface area (Å²) in [7, 11) is 3.39. The molecule has 0 aromatic rings. The highest BCUT2D eigenvalue weighted by molar-refractivity contribution is 8.16. The third-order valence-electron chi connectivity index (χ3n) is 6.24. The van der Waals surface area contributed by atoms with Gasteiger partial charge in [0.25, 0.3) is 0 Å². The lowest BCUT2D eigenvalue weighted by atomic mass is 9.96. The van der Waals surface area contributed by atoms with Gasteiger partial charge >= 0.3 is 0 Å². The maximum atomic E-state index is 12.4. The van der Waals surface area contributed by atoms with Crippen LogP contribution in [-0.2, 0) is 14.3 Å². The minimum Gasteiger partial charge on any atom is -0.505 e. The van der Waals surface area contributed by atoms with E-state index >= 15 is 0 Å². The van der Waals surface area contributed by atoms with Gasteiger partial charge in [0.2, 0.25) is 5.91 Å². The first-order chi connectivity index (χ1) is 20.0. The number of aliphatic imine (C=N–C) groups is 1. The van der Waals surface area contributed by atoms with Crippen molar-refractivity contribution in [3.63, 3.8) is 0 Å². The molecule has 7 heteroatoms. The number of hydrogen-bond donors (Lipinski definition) is 1. The van der Waals surface area contributed by atoms with Gasteiger partial charge in [0.1, 0.15) is 6.29 Å². The molecule has 0 aromatic heterocycles. The Balaban J connectivity index is -0.000000656. The molecular weight excluding hydrogens is 530 g/mol. The molecule has 0 radical (unpaired) electrons. The number of nitrogens with two attached hydrogens (primary N) is 1. The van der Waals surface area contributed by atoms with Gasteiger partial charge in [-0.05, 0) is 69.9 Å². The van der Waals surface area contributed by atoms with Gasteiger partial charge in [-0.1, -0.05) is 81.7 Å². The van der Waals surface area contributed by atoms with Crippen LogP contribution >= 0.6 is 11.8 Å². The fraction of sp³-hybridized carbons (Fsp3) is 0.618. The molecule has 1 saturated heterocycles. The molecule has 0 bridgehead atoms. The predicted molar refractivity (Wildman–Crippen MR) is 183 cm³/mol. The van der Waals surface area contributed by atoms with E-state index in [-0.39, 0.29) is 0 Å². The van der Waals surface area contributed by atoms with Crippen molar-refractivity contribution >= 4 is 29.0 Å². The van der Waals surface area contributed by atoms with Crippen LogP contribution in [0.2, 0.25) is 0 Å². The number of piperidine rings is 1. The van der Waals surface area contributed by atoms with E-state index in [1.54, 1.807) is 31.9 Å². The topological polar surface area (TPSA) is 85.0 Å². The van der Waals surface area contributed by atoms with E-state index in [4.69, 9.17) is 5.73 Å². The number of carbonyl (C=O) groups excluding carboxylic acids is 2. The van der Waals surface area contributed by atoms with E-state index in [9.17, 15) is 9.59 Å². The molecule has 0 aromatic carbocycles. The standard InChI is InChI=1S/C18H28N2O2S.C6H10.C4H9NO.C4H8.C2H6/c1-19-18(23-14-4-13-21)16-9-11-20(12-10-16)17(22)8-7-15-5-2-3-6-15;1-3-5-6-4-2;1-6-4-2-3-5;1-3-4-2;1-2/h4,13-16H,2-3,5-12H2,1H3;3-4,6H,1,5H2,2H3;2,4H,3,5H2,1H3;3-4H,1-2H3;1-2H3/b14-4+,19-18?;6-4+;4-2+;4-3-;. The van der Waals surface area contributed by atoms with Crippen molar-refractivity contribution in [2.24, 2.45) is 22.6 Å². The highest BCUT2D eigenvalue weighted by Gasteiger charge is 2.26. The lowest BCUT2D eigenvalue weighted by Crippen LogP contribution is -2.39. The second-order valence-electron chi connectivity index (χ2n) is 9.09. The molecule has 1 heterocycles. The number of allylic oxidation sites excluding steroid dienone is 6. The van der Waals surface area contributed by atoms with Gasteiger partial charge in [-0.2, -0.15) is 0 Å². The lowest BCUT2D eigenvalue weighted by molar-refractivity contribution is -0.132. The first-order valence-corrected chi connectivity index (χ1v) is 16.1. The molecule has 2 rings (SSSR count). The van der Waals surface area contributed by atoms with Gasteiger partial charge in [0, 0.05) is 39.0 Å². The number of ether oxygens (including phenoxy) is 1. The number of carbonyl (C=O) groups is 2. The summed E-state index contributed by atoms with van der Waals surface area (Å²) < 4.78 is 4.52. The van der Waals surface area contributed by atoms with Gasteiger partial charge in [0.05, 0.1) is 18.4 Å². The van der Waals surface area contributed by atoms with E-state index in [2.05, 4.69) is 22.4 Å². The Morgan fingerprint density at radius 1 is 1.05 bits per heavy atom. The molecular formula is C34H61N3O3S. The van der Waals surface area contributed by atoms with E-state index in [1.807, 2.05) is 63.8 Å². The van der Waals surface area contributed by atoms with Crippen LogP contribution in [0.3, 0.4) is 0 Å². The molecule has 1 aliphatic carbocycles. The van der Waals surface area contributed by atoms with Crippen LogP contribution in [-0.4, -0.2) is 55.9 Å². The highest BCUT2D eigenvalue weighted by atomic mass is 32.2. The van der Waals surface area contributed by atoms with Crippen LogP contribution in [0.5, 0.6) is 0 Å². The van der Waals surface area contributed by atoms with Crippen LogP contribution in [0.25, 0.3) is 0 Å². The second kappa shape index (κ2) is 35.6. The number of amides is 1. The normalized spacial score (nSPS) is 15.8. The number of methoxy groups -OCH3 is 1. The quantitative estimate of drug-likeness (QED) is 0.0687. The zero-order valence-corrected chi connectivity index (χ0v) is 28.0. The summed E-state index contributed by atoms with van der Waals surface area (Å²) >= 11 is 1.52. The average molecular weight is 592 g/mol. The van der Waals surface area contributed by atoms with Crippen LogP contribution in [0, 0.1) is 11.8 Å². The Labute approximate surface area is 257 Å². The van der Waals surface area contributed by atoms with Gasteiger partial charge < -0.3 is 15.4 Å². The lowest BCUT2D eigenvalue weighted by Gasteiger charge is -2.32. The molecule has 1 aliphatic heterocycles. The molecule has 2 aliphatic rings. The summed E-state index contributed by atoms with van der Waals surface area (Å²) in [5.74, 6) is 1.54. The molecule has 2 N–H and O–H groups in total. The first kappa shape index (κ1) is 43.1. The van der Waals surface area contributed by atoms with Crippen molar-refractivity contribution in [2.75, 3.05) is 33.8 Å². The minimum absolute atomic E-state index is 0.332. The molecule has 0 atom stereocenters. The molecule has 6 nitrogen and oxygen atoms in total. The fourth-order valence-corrected chi connectivity index (χ4v) is 4.83. The second-order valence-corrected chi connectivity index (χ2v) is 10.0. The van der Waals surface area contributed by atoms with Gasteiger partial charge in [-0.15, -0.1) is 6.58 Å². The number of nitrogens with zero attached hydrogens (tertiary/aromatic N) is 2. The van der Waals surface area contributed by atoms with Crippen LogP contribution in [0.4, 0.5) is 0 Å². The van der Waals surface area contributed by atoms with Crippen LogP contribution < -0.4 is 5.73 Å². The average Bonchev–Trinajstić information content (AvgIpc) is 3.56. The highest BCUT2D eigenvalue weighted by Crippen LogP contribution is 2.30. The van der Waals surface area contributed by atoms with Crippen LogP contribution in [0.1, 0.15) is 92.4 Å². The van der Waals surface area contributed by atoms with Crippen molar-refractivity contribution in [3.8, 4) is 0 Å². The van der Waals surface area contributed by atoms with E-state index in [0.717, 1.165) is 62.4 Å². The zero-order valence-electron chi connectivity index (χ0n) is 27.2. The van der Waals surface area contributed by atoms with Gasteiger partial charge in [-0.3, -0.25) is 14.6 Å². The third-order valence-corrected chi connectivity index (χ3v) is 7.30. The van der Waals surface area contributed by atoms with Crippen molar-refractivity contribution < 1.29 is 14.3 Å². The molecule has 41 heavy (non-hydrogen) atoms. The SMILES string of the molecule is C/C=C\C.C=CC/C=C/C.CC.CN=C(S/C=C/C=O)C1CCN(C(=O)CCC2CCCC2)CC1.CO/C=C/CN. The maximum Gasteiger partial charge on any atom is 0.222 e. The minimum atomic E-state index is 0.332. The third kappa shape index (κ3) is 27.6. The summed E-state index contributed by atoms with van der Waals surface area (Å²) in [5, 5.41) is 2.86. The number of aldehydes is 1. The largest absolute Gasteiger partial charge is 0.505 e. The molecule has 0 spiro atoms. The Hall–Kier alpha value is -2.38. The van der Waals surface area contributed by atoms with Crippen molar-refractivity contribution in [1.82, 2.24) is 4.90 Å². The maximum absolute atomic E-state index is 12.4. The zero-order chi connectivity index (χ0) is 31.6. The predicted octanol–water partition coefficient (Wildman–Crippen LogP) is 8.52. The molecule has 236 valence electrons. The number of thioether (sulfide) groups is 1. The Morgan fingerprint density at radius 3 is 2.05 bits per heavy atom. The van der Waals surface area contributed by atoms with Gasteiger partial charge in [0.15, 0.2) is 0 Å².